The van der Waals surface area contributed by atoms with Gasteiger partial charge in [-0.15, -0.1) is 0 Å². The van der Waals surface area contributed by atoms with Crippen molar-refractivity contribution in [3.05, 3.63) is 28.3 Å². The fraction of sp³-hybridized carbons (Fsp3) is 0.600. The zero-order chi connectivity index (χ0) is 13.8. The lowest BCUT2D eigenvalue weighted by Gasteiger charge is -2.22. The number of hydrogen-bond acceptors (Lipinski definition) is 3. The Kier molecular flexibility index (Phi) is 5.43. The number of halogens is 1. The standard InChI is InChI=1S/C15H22ClNOS/c1-4-7-17-13-8-10(2)19-9-11-14(18-3)6-5-12(16)15(11)13/h5-6,10,13,17H,4,7-9H2,1-3H3. The van der Waals surface area contributed by atoms with Crippen LogP contribution >= 0.6 is 23.4 Å². The minimum Gasteiger partial charge on any atom is -0.496 e. The second kappa shape index (κ2) is 6.87. The number of ether oxygens (including phenoxy) is 1. The van der Waals surface area contributed by atoms with Crippen LogP contribution in [0.15, 0.2) is 12.1 Å². The fourth-order valence-corrected chi connectivity index (χ4v) is 3.97. The Labute approximate surface area is 125 Å². The van der Waals surface area contributed by atoms with Gasteiger partial charge in [-0.2, -0.15) is 11.8 Å². The van der Waals surface area contributed by atoms with E-state index < -0.39 is 0 Å². The zero-order valence-electron chi connectivity index (χ0n) is 11.8. The molecular weight excluding hydrogens is 278 g/mol. The van der Waals surface area contributed by atoms with Crippen molar-refractivity contribution in [2.24, 2.45) is 0 Å². The van der Waals surface area contributed by atoms with E-state index in [4.69, 9.17) is 16.3 Å². The van der Waals surface area contributed by atoms with Gasteiger partial charge in [0, 0.05) is 27.6 Å². The predicted molar refractivity (Wildman–Crippen MR) is 84.4 cm³/mol. The molecule has 2 rings (SSSR count). The van der Waals surface area contributed by atoms with Gasteiger partial charge < -0.3 is 10.1 Å². The first-order valence-electron chi connectivity index (χ1n) is 6.87. The summed E-state index contributed by atoms with van der Waals surface area (Å²) in [6, 6.07) is 4.28. The lowest BCUT2D eigenvalue weighted by molar-refractivity contribution is 0.408. The lowest BCUT2D eigenvalue weighted by atomic mass is 9.96. The Bertz CT molecular complexity index is 438. The molecule has 1 N–H and O–H groups in total. The maximum Gasteiger partial charge on any atom is 0.123 e. The Morgan fingerprint density at radius 3 is 2.95 bits per heavy atom. The van der Waals surface area contributed by atoms with Gasteiger partial charge in [-0.05, 0) is 37.1 Å². The second-order valence-electron chi connectivity index (χ2n) is 5.01. The third kappa shape index (κ3) is 3.39. The second-order valence-corrected chi connectivity index (χ2v) is 6.84. The molecule has 1 aromatic rings. The molecular formula is C15H22ClNOS. The number of methoxy groups -OCH3 is 1. The highest BCUT2D eigenvalue weighted by Gasteiger charge is 2.26. The van der Waals surface area contributed by atoms with Gasteiger partial charge in [-0.3, -0.25) is 0 Å². The molecule has 0 bridgehead atoms. The van der Waals surface area contributed by atoms with E-state index >= 15 is 0 Å². The van der Waals surface area contributed by atoms with Crippen molar-refractivity contribution in [1.82, 2.24) is 5.32 Å². The van der Waals surface area contributed by atoms with Crippen molar-refractivity contribution in [2.75, 3.05) is 13.7 Å². The fourth-order valence-electron chi connectivity index (χ4n) is 2.58. The van der Waals surface area contributed by atoms with Gasteiger partial charge in [0.05, 0.1) is 7.11 Å². The molecule has 2 atom stereocenters. The molecule has 0 radical (unpaired) electrons. The number of benzene rings is 1. The van der Waals surface area contributed by atoms with Crippen molar-refractivity contribution in [3.8, 4) is 5.75 Å². The van der Waals surface area contributed by atoms with Crippen LogP contribution < -0.4 is 10.1 Å². The minimum atomic E-state index is 0.336. The molecule has 0 aromatic heterocycles. The Morgan fingerprint density at radius 2 is 2.26 bits per heavy atom. The summed E-state index contributed by atoms with van der Waals surface area (Å²) in [6.07, 6.45) is 2.25. The summed E-state index contributed by atoms with van der Waals surface area (Å²) in [7, 11) is 1.73. The molecule has 4 heteroatoms. The van der Waals surface area contributed by atoms with Crippen molar-refractivity contribution in [3.63, 3.8) is 0 Å². The molecule has 2 nitrogen and oxygen atoms in total. The van der Waals surface area contributed by atoms with Gasteiger partial charge in [-0.25, -0.2) is 0 Å². The maximum atomic E-state index is 6.46. The third-order valence-electron chi connectivity index (χ3n) is 3.55. The van der Waals surface area contributed by atoms with Crippen LogP contribution in [-0.2, 0) is 5.75 Å². The number of fused-ring (bicyclic) bond motifs is 1. The van der Waals surface area contributed by atoms with E-state index in [1.54, 1.807) is 7.11 Å². The van der Waals surface area contributed by atoms with E-state index in [0.717, 1.165) is 35.9 Å². The van der Waals surface area contributed by atoms with Gasteiger partial charge in [0.25, 0.3) is 0 Å². The van der Waals surface area contributed by atoms with Gasteiger partial charge in [-0.1, -0.05) is 25.4 Å². The average Bonchev–Trinajstić information content (AvgIpc) is 2.57. The first-order valence-corrected chi connectivity index (χ1v) is 8.30. The van der Waals surface area contributed by atoms with Crippen LogP contribution in [0.25, 0.3) is 0 Å². The smallest absolute Gasteiger partial charge is 0.123 e. The van der Waals surface area contributed by atoms with Crippen LogP contribution in [0.3, 0.4) is 0 Å². The normalized spacial score (nSPS) is 22.7. The Balaban J connectivity index is 2.42. The summed E-state index contributed by atoms with van der Waals surface area (Å²) in [5.74, 6) is 1.94. The van der Waals surface area contributed by atoms with E-state index in [1.807, 2.05) is 23.9 Å². The van der Waals surface area contributed by atoms with Gasteiger partial charge in [0.1, 0.15) is 5.75 Å². The highest BCUT2D eigenvalue weighted by molar-refractivity contribution is 7.99. The highest BCUT2D eigenvalue weighted by Crippen LogP contribution is 2.42. The quantitative estimate of drug-likeness (QED) is 0.889. The maximum absolute atomic E-state index is 6.46. The van der Waals surface area contributed by atoms with Crippen LogP contribution in [0.5, 0.6) is 5.75 Å². The monoisotopic (exact) mass is 299 g/mol. The first-order chi connectivity index (χ1) is 9.17. The van der Waals surface area contributed by atoms with Crippen LogP contribution in [0.1, 0.15) is 43.9 Å². The van der Waals surface area contributed by atoms with E-state index in [-0.39, 0.29) is 0 Å². The molecule has 1 heterocycles. The van der Waals surface area contributed by atoms with E-state index in [9.17, 15) is 0 Å². The van der Waals surface area contributed by atoms with Crippen LogP contribution in [0.4, 0.5) is 0 Å². The summed E-state index contributed by atoms with van der Waals surface area (Å²) in [6.45, 7) is 5.50. The average molecular weight is 300 g/mol. The van der Waals surface area contributed by atoms with Crippen LogP contribution in [0, 0.1) is 0 Å². The summed E-state index contributed by atoms with van der Waals surface area (Å²) >= 11 is 8.44. The largest absolute Gasteiger partial charge is 0.496 e. The molecule has 0 saturated carbocycles. The molecule has 1 aliphatic rings. The summed E-state index contributed by atoms with van der Waals surface area (Å²) < 4.78 is 5.51. The number of hydrogen-bond donors (Lipinski definition) is 1. The molecule has 0 amide bonds. The highest BCUT2D eigenvalue weighted by atomic mass is 35.5. The topological polar surface area (TPSA) is 21.3 Å². The van der Waals surface area contributed by atoms with E-state index in [1.165, 1.54) is 11.1 Å². The molecule has 0 spiro atoms. The molecule has 0 aliphatic carbocycles. The molecule has 106 valence electrons. The number of rotatable bonds is 4. The first kappa shape index (κ1) is 15.0. The summed E-state index contributed by atoms with van der Waals surface area (Å²) in [5, 5.41) is 5.12. The predicted octanol–water partition coefficient (Wildman–Crippen LogP) is 4.41. The SMILES string of the molecule is CCCNC1CC(C)SCc2c(OC)ccc(Cl)c21. The van der Waals surface area contributed by atoms with Crippen molar-refractivity contribution < 1.29 is 4.74 Å². The van der Waals surface area contributed by atoms with Gasteiger partial charge in [0.2, 0.25) is 0 Å². The Morgan fingerprint density at radius 1 is 1.47 bits per heavy atom. The molecule has 2 unspecified atom stereocenters. The minimum absolute atomic E-state index is 0.336. The third-order valence-corrected chi connectivity index (χ3v) is 5.10. The van der Waals surface area contributed by atoms with Crippen LogP contribution in [-0.4, -0.2) is 18.9 Å². The van der Waals surface area contributed by atoms with Gasteiger partial charge >= 0.3 is 0 Å². The number of nitrogens with one attached hydrogen (secondary N) is 1. The summed E-state index contributed by atoms with van der Waals surface area (Å²) in [4.78, 5) is 0. The van der Waals surface area contributed by atoms with Crippen molar-refractivity contribution in [1.29, 1.82) is 0 Å². The molecule has 19 heavy (non-hydrogen) atoms. The van der Waals surface area contributed by atoms with E-state index in [2.05, 4.69) is 19.2 Å². The molecule has 1 aliphatic heterocycles. The molecule has 0 fully saturated rings. The Hall–Kier alpha value is -0.380. The number of thioether (sulfide) groups is 1. The van der Waals surface area contributed by atoms with Crippen molar-refractivity contribution in [2.45, 2.75) is 43.7 Å². The van der Waals surface area contributed by atoms with Crippen molar-refractivity contribution >= 4 is 23.4 Å². The van der Waals surface area contributed by atoms with Crippen LogP contribution in [0.2, 0.25) is 5.02 Å². The van der Waals surface area contributed by atoms with Gasteiger partial charge in [0.15, 0.2) is 0 Å². The summed E-state index contributed by atoms with van der Waals surface area (Å²) in [5.41, 5.74) is 2.50. The molecule has 1 aromatic carbocycles. The molecule has 0 saturated heterocycles. The zero-order valence-corrected chi connectivity index (χ0v) is 13.4. The van der Waals surface area contributed by atoms with E-state index in [0.29, 0.717) is 11.3 Å². The lowest BCUT2D eigenvalue weighted by Crippen LogP contribution is -2.24.